The van der Waals surface area contributed by atoms with Gasteiger partial charge in [0.1, 0.15) is 5.69 Å². The van der Waals surface area contributed by atoms with Crippen LogP contribution in [0.5, 0.6) is 0 Å². The minimum atomic E-state index is -0.746. The van der Waals surface area contributed by atoms with Gasteiger partial charge in [0, 0.05) is 12.6 Å². The normalized spacial score (nSPS) is 20.7. The lowest BCUT2D eigenvalue weighted by atomic mass is 9.97. The Morgan fingerprint density at radius 1 is 1.13 bits per heavy atom. The summed E-state index contributed by atoms with van der Waals surface area (Å²) in [6.07, 6.45) is 1.21. The molecule has 0 bridgehead atoms. The second-order valence-corrected chi connectivity index (χ2v) is 5.56. The maximum Gasteiger partial charge on any atom is 0.150 e. The SMILES string of the molecule is N#Cc1cc(F)c(NC2CCOC(c3ccccc3)C2)c(F)c1. The third-order valence-electron chi connectivity index (χ3n) is 3.97. The van der Waals surface area contributed by atoms with Crippen LogP contribution in [0.15, 0.2) is 42.5 Å². The van der Waals surface area contributed by atoms with Crippen molar-refractivity contribution in [3.05, 3.63) is 65.2 Å². The maximum absolute atomic E-state index is 14.0. The number of hydrogen-bond donors (Lipinski definition) is 1. The molecule has 1 fully saturated rings. The minimum absolute atomic E-state index is 0.0281. The molecule has 1 N–H and O–H groups in total. The van der Waals surface area contributed by atoms with Crippen molar-refractivity contribution in [2.24, 2.45) is 0 Å². The zero-order valence-electron chi connectivity index (χ0n) is 12.4. The van der Waals surface area contributed by atoms with Gasteiger partial charge in [-0.1, -0.05) is 30.3 Å². The van der Waals surface area contributed by atoms with Crippen LogP contribution in [0, 0.1) is 23.0 Å². The fourth-order valence-electron chi connectivity index (χ4n) is 2.81. The predicted octanol–water partition coefficient (Wildman–Crippen LogP) is 4.17. The first kappa shape index (κ1) is 15.4. The summed E-state index contributed by atoms with van der Waals surface area (Å²) in [6.45, 7) is 0.525. The van der Waals surface area contributed by atoms with Gasteiger partial charge in [-0.2, -0.15) is 5.26 Å². The molecule has 1 aliphatic rings. The van der Waals surface area contributed by atoms with Crippen LogP contribution in [0.4, 0.5) is 14.5 Å². The average Bonchev–Trinajstić information content (AvgIpc) is 2.59. The minimum Gasteiger partial charge on any atom is -0.377 e. The highest BCUT2D eigenvalue weighted by Crippen LogP contribution is 2.31. The average molecular weight is 314 g/mol. The van der Waals surface area contributed by atoms with Crippen molar-refractivity contribution < 1.29 is 13.5 Å². The van der Waals surface area contributed by atoms with Gasteiger partial charge in [0.25, 0.3) is 0 Å². The molecule has 0 radical (unpaired) electrons. The first-order valence-corrected chi connectivity index (χ1v) is 7.49. The Morgan fingerprint density at radius 2 is 1.83 bits per heavy atom. The van der Waals surface area contributed by atoms with Gasteiger partial charge in [0.2, 0.25) is 0 Å². The molecule has 1 heterocycles. The smallest absolute Gasteiger partial charge is 0.150 e. The predicted molar refractivity (Wildman–Crippen MR) is 82.9 cm³/mol. The number of hydrogen-bond acceptors (Lipinski definition) is 3. The highest BCUT2D eigenvalue weighted by molar-refractivity contribution is 5.51. The molecule has 2 atom stereocenters. The van der Waals surface area contributed by atoms with Gasteiger partial charge < -0.3 is 10.1 Å². The summed E-state index contributed by atoms with van der Waals surface area (Å²) in [4.78, 5) is 0. The van der Waals surface area contributed by atoms with Gasteiger partial charge in [0.15, 0.2) is 11.6 Å². The summed E-state index contributed by atoms with van der Waals surface area (Å²) in [5.74, 6) is -1.49. The number of nitrogens with zero attached hydrogens (tertiary/aromatic N) is 1. The second kappa shape index (κ2) is 6.76. The van der Waals surface area contributed by atoms with Crippen molar-refractivity contribution in [2.75, 3.05) is 11.9 Å². The third-order valence-corrected chi connectivity index (χ3v) is 3.97. The molecule has 23 heavy (non-hydrogen) atoms. The highest BCUT2D eigenvalue weighted by Gasteiger charge is 2.25. The van der Waals surface area contributed by atoms with E-state index in [0.717, 1.165) is 17.7 Å². The van der Waals surface area contributed by atoms with Crippen LogP contribution >= 0.6 is 0 Å². The van der Waals surface area contributed by atoms with E-state index in [2.05, 4.69) is 5.32 Å². The first-order chi connectivity index (χ1) is 11.2. The Bertz CT molecular complexity index is 705. The van der Waals surface area contributed by atoms with Crippen molar-refractivity contribution >= 4 is 5.69 Å². The van der Waals surface area contributed by atoms with Crippen LogP contribution in [0.1, 0.15) is 30.1 Å². The van der Waals surface area contributed by atoms with Crippen LogP contribution < -0.4 is 5.32 Å². The molecule has 0 amide bonds. The Kier molecular flexibility index (Phi) is 4.54. The highest BCUT2D eigenvalue weighted by atomic mass is 19.1. The summed E-state index contributed by atoms with van der Waals surface area (Å²) < 4.78 is 33.7. The second-order valence-electron chi connectivity index (χ2n) is 5.56. The molecular formula is C18H16F2N2O. The van der Waals surface area contributed by atoms with Gasteiger partial charge in [-0.05, 0) is 30.5 Å². The number of benzene rings is 2. The van der Waals surface area contributed by atoms with E-state index in [1.807, 2.05) is 30.3 Å². The van der Waals surface area contributed by atoms with E-state index >= 15 is 0 Å². The van der Waals surface area contributed by atoms with Crippen molar-refractivity contribution in [2.45, 2.75) is 25.0 Å². The number of nitriles is 1. The van der Waals surface area contributed by atoms with E-state index in [-0.39, 0.29) is 23.4 Å². The number of rotatable bonds is 3. The Morgan fingerprint density at radius 3 is 2.48 bits per heavy atom. The molecule has 5 heteroatoms. The van der Waals surface area contributed by atoms with Crippen molar-refractivity contribution in [3.63, 3.8) is 0 Å². The molecule has 0 aliphatic carbocycles. The van der Waals surface area contributed by atoms with Crippen LogP contribution in [0.3, 0.4) is 0 Å². The lowest BCUT2D eigenvalue weighted by Gasteiger charge is -2.31. The lowest BCUT2D eigenvalue weighted by Crippen LogP contribution is -2.30. The molecule has 3 rings (SSSR count). The van der Waals surface area contributed by atoms with E-state index < -0.39 is 11.6 Å². The van der Waals surface area contributed by atoms with Gasteiger partial charge in [0.05, 0.1) is 17.7 Å². The van der Waals surface area contributed by atoms with E-state index in [4.69, 9.17) is 10.00 Å². The Hall–Kier alpha value is -2.45. The molecule has 0 aromatic heterocycles. The molecule has 1 saturated heterocycles. The molecule has 3 nitrogen and oxygen atoms in total. The first-order valence-electron chi connectivity index (χ1n) is 7.49. The van der Waals surface area contributed by atoms with Gasteiger partial charge in [-0.25, -0.2) is 8.78 Å². The summed E-state index contributed by atoms with van der Waals surface area (Å²) in [5.41, 5.74) is 0.849. The van der Waals surface area contributed by atoms with Crippen molar-refractivity contribution in [1.82, 2.24) is 0 Å². The summed E-state index contributed by atoms with van der Waals surface area (Å²) in [5, 5.41) is 11.7. The summed E-state index contributed by atoms with van der Waals surface area (Å²) in [7, 11) is 0. The number of anilines is 1. The molecule has 0 spiro atoms. The molecule has 118 valence electrons. The largest absolute Gasteiger partial charge is 0.377 e. The van der Waals surface area contributed by atoms with Crippen LogP contribution in [-0.4, -0.2) is 12.6 Å². The van der Waals surface area contributed by atoms with Gasteiger partial charge >= 0.3 is 0 Å². The number of nitrogens with one attached hydrogen (secondary N) is 1. The zero-order chi connectivity index (χ0) is 16.2. The molecular weight excluding hydrogens is 298 g/mol. The van der Waals surface area contributed by atoms with E-state index in [1.54, 1.807) is 6.07 Å². The lowest BCUT2D eigenvalue weighted by molar-refractivity contribution is 0.00970. The van der Waals surface area contributed by atoms with Crippen LogP contribution in [0.2, 0.25) is 0 Å². The van der Waals surface area contributed by atoms with E-state index in [9.17, 15) is 8.78 Å². The van der Waals surface area contributed by atoms with Crippen molar-refractivity contribution in [3.8, 4) is 6.07 Å². The number of halogens is 2. The monoisotopic (exact) mass is 314 g/mol. The quantitative estimate of drug-likeness (QED) is 0.925. The van der Waals surface area contributed by atoms with Crippen molar-refractivity contribution in [1.29, 1.82) is 5.26 Å². The fraction of sp³-hybridized carbons (Fsp3) is 0.278. The topological polar surface area (TPSA) is 45.0 Å². The van der Waals surface area contributed by atoms with E-state index in [0.29, 0.717) is 19.4 Å². The Labute approximate surface area is 133 Å². The van der Waals surface area contributed by atoms with Gasteiger partial charge in [-0.3, -0.25) is 0 Å². The number of ether oxygens (including phenoxy) is 1. The van der Waals surface area contributed by atoms with Gasteiger partial charge in [-0.15, -0.1) is 0 Å². The third kappa shape index (κ3) is 3.49. The van der Waals surface area contributed by atoms with Crippen LogP contribution in [-0.2, 0) is 4.74 Å². The summed E-state index contributed by atoms with van der Waals surface area (Å²) in [6, 6.07) is 13.5. The van der Waals surface area contributed by atoms with Crippen LogP contribution in [0.25, 0.3) is 0 Å². The van der Waals surface area contributed by atoms with E-state index in [1.165, 1.54) is 0 Å². The molecule has 0 saturated carbocycles. The molecule has 1 aliphatic heterocycles. The Balaban J connectivity index is 1.75. The molecule has 2 aromatic rings. The molecule has 2 unspecified atom stereocenters. The zero-order valence-corrected chi connectivity index (χ0v) is 12.4. The maximum atomic E-state index is 14.0. The summed E-state index contributed by atoms with van der Waals surface area (Å²) >= 11 is 0. The molecule has 2 aromatic carbocycles. The standard InChI is InChI=1S/C18H16F2N2O/c19-15-8-12(11-21)9-16(20)18(15)22-14-6-7-23-17(10-14)13-4-2-1-3-5-13/h1-5,8-9,14,17,22H,6-7,10H2. The fourth-order valence-corrected chi connectivity index (χ4v) is 2.81.